The van der Waals surface area contributed by atoms with Gasteiger partial charge in [-0.15, -0.1) is 11.6 Å². The van der Waals surface area contributed by atoms with Crippen LogP contribution in [-0.2, 0) is 6.42 Å². The quantitative estimate of drug-likeness (QED) is 0.628. The molecule has 0 bridgehead atoms. The van der Waals surface area contributed by atoms with Crippen LogP contribution in [0.5, 0.6) is 0 Å². The van der Waals surface area contributed by atoms with Gasteiger partial charge in [-0.3, -0.25) is 0 Å². The highest BCUT2D eigenvalue weighted by atomic mass is 35.5. The van der Waals surface area contributed by atoms with Crippen molar-refractivity contribution in [2.75, 3.05) is 0 Å². The van der Waals surface area contributed by atoms with E-state index in [4.69, 9.17) is 23.2 Å². The molecule has 1 aliphatic rings. The largest absolute Gasteiger partial charge is 0.207 e. The van der Waals surface area contributed by atoms with Crippen molar-refractivity contribution in [3.63, 3.8) is 0 Å². The summed E-state index contributed by atoms with van der Waals surface area (Å²) in [6, 6.07) is 4.89. The molecule has 1 aromatic rings. The van der Waals surface area contributed by atoms with Gasteiger partial charge in [-0.1, -0.05) is 31.5 Å². The highest BCUT2D eigenvalue weighted by Gasteiger charge is 2.31. The van der Waals surface area contributed by atoms with Crippen LogP contribution in [0.3, 0.4) is 0 Å². The molecule has 3 atom stereocenters. The molecule has 0 radical (unpaired) electrons. The molecule has 3 heteroatoms. The van der Waals surface area contributed by atoms with Crippen LogP contribution in [0.2, 0.25) is 5.02 Å². The summed E-state index contributed by atoms with van der Waals surface area (Å²) in [6.45, 7) is 4.51. The Bertz CT molecular complexity index is 411. The Labute approximate surface area is 125 Å². The Balaban J connectivity index is 2.12. The van der Waals surface area contributed by atoms with Crippen molar-refractivity contribution >= 4 is 23.2 Å². The first kappa shape index (κ1) is 15.1. The molecular weight excluding hydrogens is 282 g/mol. The van der Waals surface area contributed by atoms with Gasteiger partial charge in [-0.05, 0) is 55.6 Å². The van der Waals surface area contributed by atoms with Crippen LogP contribution < -0.4 is 0 Å². The van der Waals surface area contributed by atoms with E-state index in [1.54, 1.807) is 12.1 Å². The summed E-state index contributed by atoms with van der Waals surface area (Å²) in [5, 5.41) is 0.668. The lowest BCUT2D eigenvalue weighted by Crippen LogP contribution is -2.29. The van der Waals surface area contributed by atoms with Gasteiger partial charge in [0.25, 0.3) is 0 Å². The molecule has 19 heavy (non-hydrogen) atoms. The SMILES string of the molecule is CC(C)C1CCC(Cl)C(Cc2c(F)cccc2Cl)C1. The van der Waals surface area contributed by atoms with E-state index >= 15 is 0 Å². The first-order valence-corrected chi connectivity index (χ1v) is 7.87. The molecule has 0 nitrogen and oxygen atoms in total. The van der Waals surface area contributed by atoms with Crippen molar-refractivity contribution in [3.8, 4) is 0 Å². The second kappa shape index (κ2) is 6.45. The summed E-state index contributed by atoms with van der Waals surface area (Å²) in [7, 11) is 0. The van der Waals surface area contributed by atoms with E-state index in [-0.39, 0.29) is 11.2 Å². The predicted molar refractivity (Wildman–Crippen MR) is 80.4 cm³/mol. The van der Waals surface area contributed by atoms with Crippen molar-refractivity contribution < 1.29 is 4.39 Å². The van der Waals surface area contributed by atoms with Crippen LogP contribution in [0.25, 0.3) is 0 Å². The third-order valence-corrected chi connectivity index (χ3v) is 5.33. The summed E-state index contributed by atoms with van der Waals surface area (Å²) in [6.07, 6.45) is 3.95. The van der Waals surface area contributed by atoms with E-state index in [2.05, 4.69) is 13.8 Å². The second-order valence-electron chi connectivity index (χ2n) is 6.00. The first-order chi connectivity index (χ1) is 8.99. The highest BCUT2D eigenvalue weighted by molar-refractivity contribution is 6.31. The monoisotopic (exact) mass is 302 g/mol. The van der Waals surface area contributed by atoms with E-state index in [9.17, 15) is 4.39 Å². The molecule has 0 amide bonds. The summed E-state index contributed by atoms with van der Waals surface area (Å²) in [5.74, 6) is 1.49. The molecule has 1 saturated carbocycles. The van der Waals surface area contributed by atoms with Gasteiger partial charge >= 0.3 is 0 Å². The molecule has 1 aliphatic carbocycles. The van der Waals surface area contributed by atoms with Gasteiger partial charge in [-0.25, -0.2) is 4.39 Å². The average molecular weight is 303 g/mol. The van der Waals surface area contributed by atoms with Crippen LogP contribution in [-0.4, -0.2) is 5.38 Å². The van der Waals surface area contributed by atoms with Crippen molar-refractivity contribution in [1.29, 1.82) is 0 Å². The van der Waals surface area contributed by atoms with E-state index < -0.39 is 0 Å². The fourth-order valence-electron chi connectivity index (χ4n) is 3.07. The van der Waals surface area contributed by atoms with Crippen LogP contribution >= 0.6 is 23.2 Å². The molecule has 0 spiro atoms. The molecule has 0 heterocycles. The minimum atomic E-state index is -0.206. The van der Waals surface area contributed by atoms with Crippen molar-refractivity contribution in [2.45, 2.75) is 44.9 Å². The Morgan fingerprint density at radius 2 is 2.05 bits per heavy atom. The molecule has 2 rings (SSSR count). The van der Waals surface area contributed by atoms with Crippen LogP contribution in [0, 0.1) is 23.6 Å². The zero-order chi connectivity index (χ0) is 14.0. The number of benzene rings is 1. The zero-order valence-corrected chi connectivity index (χ0v) is 13.0. The number of rotatable bonds is 3. The highest BCUT2D eigenvalue weighted by Crippen LogP contribution is 2.39. The Hall–Kier alpha value is -0.270. The summed E-state index contributed by atoms with van der Waals surface area (Å²) in [4.78, 5) is 0. The summed E-state index contributed by atoms with van der Waals surface area (Å²) >= 11 is 12.6. The van der Waals surface area contributed by atoms with Crippen molar-refractivity contribution in [3.05, 3.63) is 34.6 Å². The van der Waals surface area contributed by atoms with E-state index in [0.29, 0.717) is 34.8 Å². The second-order valence-corrected chi connectivity index (χ2v) is 6.97. The van der Waals surface area contributed by atoms with Gasteiger partial charge in [0.1, 0.15) is 5.82 Å². The summed E-state index contributed by atoms with van der Waals surface area (Å²) in [5.41, 5.74) is 0.629. The maximum absolute atomic E-state index is 13.9. The smallest absolute Gasteiger partial charge is 0.127 e. The van der Waals surface area contributed by atoms with Gasteiger partial charge in [0.15, 0.2) is 0 Å². The normalized spacial score (nSPS) is 27.8. The lowest BCUT2D eigenvalue weighted by atomic mass is 9.74. The minimum Gasteiger partial charge on any atom is -0.207 e. The maximum Gasteiger partial charge on any atom is 0.127 e. The molecule has 0 N–H and O–H groups in total. The van der Waals surface area contributed by atoms with Crippen LogP contribution in [0.15, 0.2) is 18.2 Å². The number of halogens is 3. The fourth-order valence-corrected chi connectivity index (χ4v) is 3.63. The summed E-state index contributed by atoms with van der Waals surface area (Å²) < 4.78 is 13.9. The van der Waals surface area contributed by atoms with Crippen molar-refractivity contribution in [2.24, 2.45) is 17.8 Å². The maximum atomic E-state index is 13.9. The van der Waals surface area contributed by atoms with E-state index in [1.165, 1.54) is 12.5 Å². The third kappa shape index (κ3) is 3.64. The molecule has 106 valence electrons. The number of hydrogen-bond donors (Lipinski definition) is 0. The van der Waals surface area contributed by atoms with Crippen molar-refractivity contribution in [1.82, 2.24) is 0 Å². The molecular formula is C16H21Cl2F. The molecule has 0 aromatic heterocycles. The van der Waals surface area contributed by atoms with Crippen LogP contribution in [0.4, 0.5) is 4.39 Å². The van der Waals surface area contributed by atoms with Gasteiger partial charge in [-0.2, -0.15) is 0 Å². The molecule has 1 aromatic carbocycles. The van der Waals surface area contributed by atoms with Gasteiger partial charge < -0.3 is 0 Å². The topological polar surface area (TPSA) is 0 Å². The first-order valence-electron chi connectivity index (χ1n) is 7.06. The Morgan fingerprint density at radius 3 is 2.68 bits per heavy atom. The molecule has 0 saturated heterocycles. The van der Waals surface area contributed by atoms with Gasteiger partial charge in [0, 0.05) is 16.0 Å². The zero-order valence-electron chi connectivity index (χ0n) is 11.5. The van der Waals surface area contributed by atoms with Gasteiger partial charge in [0.05, 0.1) is 0 Å². The average Bonchev–Trinajstić information content (AvgIpc) is 2.35. The van der Waals surface area contributed by atoms with E-state index in [1.807, 2.05) is 0 Å². The molecule has 0 aliphatic heterocycles. The Kier molecular flexibility index (Phi) is 5.14. The number of hydrogen-bond acceptors (Lipinski definition) is 0. The van der Waals surface area contributed by atoms with Crippen LogP contribution in [0.1, 0.15) is 38.7 Å². The molecule has 3 unspecified atom stereocenters. The minimum absolute atomic E-state index is 0.144. The lowest BCUT2D eigenvalue weighted by Gasteiger charge is -2.35. The predicted octanol–water partition coefficient (Wildman–Crippen LogP) is 5.70. The van der Waals surface area contributed by atoms with E-state index in [0.717, 1.165) is 12.8 Å². The molecule has 1 fully saturated rings. The fraction of sp³-hybridized carbons (Fsp3) is 0.625. The lowest BCUT2D eigenvalue weighted by molar-refractivity contribution is 0.217. The standard InChI is InChI=1S/C16H21Cl2F/c1-10(2)11-6-7-14(17)12(8-11)9-13-15(18)4-3-5-16(13)19/h3-5,10-12,14H,6-9H2,1-2H3. The van der Waals surface area contributed by atoms with Gasteiger partial charge in [0.2, 0.25) is 0 Å². The Morgan fingerprint density at radius 1 is 1.32 bits per heavy atom. The number of alkyl halides is 1. The third-order valence-electron chi connectivity index (χ3n) is 4.40.